The zero-order chi connectivity index (χ0) is 10.8. The summed E-state index contributed by atoms with van der Waals surface area (Å²) in [7, 11) is 1.32. The van der Waals surface area contributed by atoms with Gasteiger partial charge < -0.3 is 14.2 Å². The summed E-state index contributed by atoms with van der Waals surface area (Å²) in [5.41, 5.74) is 1.40. The van der Waals surface area contributed by atoms with Crippen LogP contribution in [0.15, 0.2) is 24.5 Å². The predicted molar refractivity (Wildman–Crippen MR) is 52.5 cm³/mol. The highest BCUT2D eigenvalue weighted by molar-refractivity contribution is 5.95. The Kier molecular flexibility index (Phi) is 2.39. The highest BCUT2D eigenvalue weighted by Crippen LogP contribution is 2.12. The maximum absolute atomic E-state index is 11.4. The van der Waals surface area contributed by atoms with Gasteiger partial charge in [0.25, 0.3) is 0 Å². The number of esters is 1. The second kappa shape index (κ2) is 3.70. The van der Waals surface area contributed by atoms with Gasteiger partial charge in [0.1, 0.15) is 5.56 Å². The highest BCUT2D eigenvalue weighted by atomic mass is 16.5. The van der Waals surface area contributed by atoms with Gasteiger partial charge >= 0.3 is 5.97 Å². The van der Waals surface area contributed by atoms with Crippen LogP contribution < -0.4 is 0 Å². The second-order valence-corrected chi connectivity index (χ2v) is 3.03. The van der Waals surface area contributed by atoms with Crippen molar-refractivity contribution in [3.05, 3.63) is 35.8 Å². The van der Waals surface area contributed by atoms with Crippen molar-refractivity contribution >= 4 is 11.6 Å². The Morgan fingerprint density at radius 1 is 1.67 bits per heavy atom. The van der Waals surface area contributed by atoms with E-state index >= 15 is 0 Å². The van der Waals surface area contributed by atoms with Crippen LogP contribution in [0.1, 0.15) is 16.1 Å². The smallest absolute Gasteiger partial charge is 0.341 e. The molecule has 2 aromatic heterocycles. The Labute approximate surface area is 85.9 Å². The van der Waals surface area contributed by atoms with E-state index in [1.165, 1.54) is 7.11 Å². The van der Waals surface area contributed by atoms with Crippen molar-refractivity contribution in [2.75, 3.05) is 7.11 Å². The van der Waals surface area contributed by atoms with Crippen LogP contribution in [0.4, 0.5) is 0 Å². The lowest BCUT2D eigenvalue weighted by molar-refractivity contribution is 0.0602. The van der Waals surface area contributed by atoms with E-state index in [-0.39, 0.29) is 6.61 Å². The first kappa shape index (κ1) is 9.67. The summed E-state index contributed by atoms with van der Waals surface area (Å²) in [6, 6.07) is 3.36. The fraction of sp³-hybridized carbons (Fsp3) is 0.200. The minimum Gasteiger partial charge on any atom is -0.465 e. The Morgan fingerprint density at radius 3 is 3.13 bits per heavy atom. The number of carbonyl (C=O) groups is 1. The number of aliphatic hydroxyl groups excluding tert-OH is 1. The van der Waals surface area contributed by atoms with Crippen molar-refractivity contribution in [2.24, 2.45) is 0 Å². The van der Waals surface area contributed by atoms with E-state index < -0.39 is 5.97 Å². The molecule has 0 aromatic carbocycles. The predicted octanol–water partition coefficient (Wildman–Crippen LogP) is 0.613. The zero-order valence-corrected chi connectivity index (χ0v) is 8.17. The average Bonchev–Trinajstić information content (AvgIpc) is 2.70. The van der Waals surface area contributed by atoms with Gasteiger partial charge in [-0.15, -0.1) is 0 Å². The first-order chi connectivity index (χ1) is 7.26. The second-order valence-electron chi connectivity index (χ2n) is 3.03. The molecule has 0 unspecified atom stereocenters. The fourth-order valence-corrected chi connectivity index (χ4v) is 1.41. The van der Waals surface area contributed by atoms with Gasteiger partial charge in [-0.1, -0.05) is 0 Å². The summed E-state index contributed by atoms with van der Waals surface area (Å²) in [5, 5.41) is 8.93. The van der Waals surface area contributed by atoms with E-state index in [0.29, 0.717) is 16.9 Å². The lowest BCUT2D eigenvalue weighted by Gasteiger charge is -2.00. The summed E-state index contributed by atoms with van der Waals surface area (Å²) in [5.74, 6) is -0.435. The Bertz CT molecular complexity index is 504. The van der Waals surface area contributed by atoms with Crippen LogP contribution >= 0.6 is 0 Å². The number of rotatable bonds is 2. The molecular weight excluding hydrogens is 196 g/mol. The molecule has 78 valence electrons. The van der Waals surface area contributed by atoms with Gasteiger partial charge in [0.15, 0.2) is 5.65 Å². The number of ether oxygens (including phenoxy) is 1. The van der Waals surface area contributed by atoms with Gasteiger partial charge in [0.2, 0.25) is 0 Å². The summed E-state index contributed by atoms with van der Waals surface area (Å²) in [6.45, 7) is -0.151. The molecule has 0 saturated carbocycles. The number of fused-ring (bicyclic) bond motifs is 1. The molecule has 2 heterocycles. The van der Waals surface area contributed by atoms with Crippen LogP contribution in [0.5, 0.6) is 0 Å². The molecular formula is C10H10N2O3. The number of nitrogens with zero attached hydrogens (tertiary/aromatic N) is 2. The van der Waals surface area contributed by atoms with Crippen LogP contribution in [0, 0.1) is 0 Å². The molecule has 0 aliphatic heterocycles. The standard InChI is InChI=1S/C10H10N2O3/c1-15-10(14)8-3-2-4-12-5-7(6-13)11-9(8)12/h2-5,13H,6H2,1H3. The minimum atomic E-state index is -0.435. The first-order valence-electron chi connectivity index (χ1n) is 4.42. The molecule has 0 spiro atoms. The summed E-state index contributed by atoms with van der Waals surface area (Å²) >= 11 is 0. The Morgan fingerprint density at radius 2 is 2.47 bits per heavy atom. The molecule has 5 heteroatoms. The van der Waals surface area contributed by atoms with Crippen molar-refractivity contribution in [2.45, 2.75) is 6.61 Å². The molecule has 0 atom stereocenters. The minimum absolute atomic E-state index is 0.151. The van der Waals surface area contributed by atoms with Gasteiger partial charge in [-0.2, -0.15) is 0 Å². The van der Waals surface area contributed by atoms with E-state index in [4.69, 9.17) is 5.11 Å². The zero-order valence-electron chi connectivity index (χ0n) is 8.17. The lowest BCUT2D eigenvalue weighted by Crippen LogP contribution is -2.03. The van der Waals surface area contributed by atoms with Gasteiger partial charge in [0.05, 0.1) is 19.4 Å². The Balaban J connectivity index is 2.64. The third kappa shape index (κ3) is 1.57. The number of methoxy groups -OCH3 is 1. The van der Waals surface area contributed by atoms with Crippen LogP contribution in [0.3, 0.4) is 0 Å². The summed E-state index contributed by atoms with van der Waals surface area (Å²) in [4.78, 5) is 15.5. The molecule has 0 fully saturated rings. The molecule has 15 heavy (non-hydrogen) atoms. The topological polar surface area (TPSA) is 63.8 Å². The molecule has 0 aliphatic rings. The molecule has 0 bridgehead atoms. The molecule has 2 rings (SSSR count). The molecule has 0 aliphatic carbocycles. The number of hydrogen-bond acceptors (Lipinski definition) is 4. The summed E-state index contributed by atoms with van der Waals surface area (Å²) in [6.07, 6.45) is 3.43. The van der Waals surface area contributed by atoms with E-state index in [1.807, 2.05) is 0 Å². The van der Waals surface area contributed by atoms with Crippen molar-refractivity contribution in [1.82, 2.24) is 9.38 Å². The van der Waals surface area contributed by atoms with E-state index in [9.17, 15) is 4.79 Å². The highest BCUT2D eigenvalue weighted by Gasteiger charge is 2.12. The monoisotopic (exact) mass is 206 g/mol. The SMILES string of the molecule is COC(=O)c1cccn2cc(CO)nc12. The van der Waals surface area contributed by atoms with Crippen molar-refractivity contribution in [1.29, 1.82) is 0 Å². The van der Waals surface area contributed by atoms with E-state index in [2.05, 4.69) is 9.72 Å². The number of aliphatic hydroxyl groups is 1. The average molecular weight is 206 g/mol. The largest absolute Gasteiger partial charge is 0.465 e. The molecule has 0 amide bonds. The molecule has 0 radical (unpaired) electrons. The van der Waals surface area contributed by atoms with Gasteiger partial charge in [-0.05, 0) is 12.1 Å². The number of carbonyl (C=O) groups excluding carboxylic acids is 1. The maximum Gasteiger partial charge on any atom is 0.341 e. The Hall–Kier alpha value is -1.88. The fourth-order valence-electron chi connectivity index (χ4n) is 1.41. The molecule has 1 N–H and O–H groups in total. The van der Waals surface area contributed by atoms with Gasteiger partial charge in [-0.25, -0.2) is 9.78 Å². The molecule has 0 saturated heterocycles. The van der Waals surface area contributed by atoms with Crippen LogP contribution in [-0.4, -0.2) is 27.6 Å². The van der Waals surface area contributed by atoms with E-state index in [1.54, 1.807) is 28.9 Å². The molecule has 5 nitrogen and oxygen atoms in total. The van der Waals surface area contributed by atoms with Crippen molar-refractivity contribution in [3.63, 3.8) is 0 Å². The number of aromatic nitrogens is 2. The number of imidazole rings is 1. The molecule has 2 aromatic rings. The third-order valence-corrected chi connectivity index (χ3v) is 2.10. The van der Waals surface area contributed by atoms with Crippen LogP contribution in [-0.2, 0) is 11.3 Å². The summed E-state index contributed by atoms with van der Waals surface area (Å²) < 4.78 is 6.31. The third-order valence-electron chi connectivity index (χ3n) is 2.10. The van der Waals surface area contributed by atoms with Crippen LogP contribution in [0.25, 0.3) is 5.65 Å². The van der Waals surface area contributed by atoms with Crippen molar-refractivity contribution < 1.29 is 14.6 Å². The maximum atomic E-state index is 11.4. The van der Waals surface area contributed by atoms with E-state index in [0.717, 1.165) is 0 Å². The van der Waals surface area contributed by atoms with Crippen molar-refractivity contribution in [3.8, 4) is 0 Å². The normalized spacial score (nSPS) is 10.5. The quantitative estimate of drug-likeness (QED) is 0.731. The van der Waals surface area contributed by atoms with Gasteiger partial charge in [-0.3, -0.25) is 0 Å². The first-order valence-corrected chi connectivity index (χ1v) is 4.42. The van der Waals surface area contributed by atoms with Crippen LogP contribution in [0.2, 0.25) is 0 Å². The number of hydrogen-bond donors (Lipinski definition) is 1. The van der Waals surface area contributed by atoms with Gasteiger partial charge in [0, 0.05) is 12.4 Å². The lowest BCUT2D eigenvalue weighted by atomic mass is 10.3. The number of pyridine rings is 1.